The van der Waals surface area contributed by atoms with Crippen molar-refractivity contribution in [2.24, 2.45) is 5.92 Å². The number of rotatable bonds is 7. The highest BCUT2D eigenvalue weighted by Crippen LogP contribution is 2.20. The first-order chi connectivity index (χ1) is 14.2. The normalized spacial score (nSPS) is 15.1. The van der Waals surface area contributed by atoms with Gasteiger partial charge in [0.1, 0.15) is 0 Å². The molecule has 1 aliphatic heterocycles. The van der Waals surface area contributed by atoms with Crippen molar-refractivity contribution in [2.75, 3.05) is 33.2 Å². The number of piperidine rings is 1. The molecule has 7 heteroatoms. The zero-order valence-corrected chi connectivity index (χ0v) is 18.2. The van der Waals surface area contributed by atoms with Crippen LogP contribution in [-0.2, 0) is 14.4 Å². The molecule has 7 nitrogen and oxygen atoms in total. The number of aliphatic carboxylic acids is 2. The van der Waals surface area contributed by atoms with Crippen molar-refractivity contribution >= 4 is 23.9 Å². The maximum atomic E-state index is 12.5. The second-order valence-electron chi connectivity index (χ2n) is 7.68. The van der Waals surface area contributed by atoms with Crippen molar-refractivity contribution < 1.29 is 24.6 Å². The van der Waals surface area contributed by atoms with Crippen LogP contribution in [0.2, 0.25) is 0 Å². The second kappa shape index (κ2) is 13.5. The summed E-state index contributed by atoms with van der Waals surface area (Å²) in [5.74, 6) is -3.08. The molecule has 0 aliphatic carbocycles. The van der Waals surface area contributed by atoms with Gasteiger partial charge in [-0.2, -0.15) is 0 Å². The lowest BCUT2D eigenvalue weighted by Gasteiger charge is -2.33. The summed E-state index contributed by atoms with van der Waals surface area (Å²) in [6, 6.07) is 10.5. The van der Waals surface area contributed by atoms with Crippen molar-refractivity contribution in [1.82, 2.24) is 9.80 Å². The molecule has 1 aromatic carbocycles. The number of hydrogen-bond donors (Lipinski definition) is 2. The molecule has 1 fully saturated rings. The molecule has 1 aliphatic rings. The largest absolute Gasteiger partial charge is 0.473 e. The number of unbranched alkanes of at least 4 members (excludes halogenated alkanes) is 1. The average Bonchev–Trinajstić information content (AvgIpc) is 2.73. The highest BCUT2D eigenvalue weighted by Gasteiger charge is 2.26. The Morgan fingerprint density at radius 2 is 1.67 bits per heavy atom. The van der Waals surface area contributed by atoms with Crippen LogP contribution in [0.5, 0.6) is 0 Å². The van der Waals surface area contributed by atoms with Gasteiger partial charge in [0.2, 0.25) is 5.91 Å². The summed E-state index contributed by atoms with van der Waals surface area (Å²) >= 11 is 0. The van der Waals surface area contributed by atoms with Crippen LogP contribution in [-0.4, -0.2) is 71.1 Å². The Bertz CT molecular complexity index is 698. The molecule has 2 N–H and O–H groups in total. The number of carboxylic acids is 2. The predicted molar refractivity (Wildman–Crippen MR) is 117 cm³/mol. The van der Waals surface area contributed by atoms with E-state index in [2.05, 4.69) is 49.1 Å². The van der Waals surface area contributed by atoms with Crippen molar-refractivity contribution in [2.45, 2.75) is 39.5 Å². The molecule has 0 saturated carbocycles. The van der Waals surface area contributed by atoms with Crippen LogP contribution in [0.4, 0.5) is 0 Å². The number of likely N-dealkylation sites (tertiary alicyclic amines) is 1. The Labute approximate surface area is 179 Å². The molecule has 1 amide bonds. The zero-order chi connectivity index (χ0) is 22.5. The van der Waals surface area contributed by atoms with Crippen LogP contribution in [0.1, 0.15) is 45.1 Å². The number of benzene rings is 1. The third kappa shape index (κ3) is 9.69. The minimum atomic E-state index is -1.82. The maximum absolute atomic E-state index is 12.5. The third-order valence-electron chi connectivity index (χ3n) is 5.03. The SMILES string of the molecule is CCCCN(C)C(=O)C1CCN(CC(C)=Cc2ccccc2)CC1.O=C(O)C(=O)O. The fourth-order valence-corrected chi connectivity index (χ4v) is 3.39. The van der Waals surface area contributed by atoms with Gasteiger partial charge in [-0.25, -0.2) is 9.59 Å². The summed E-state index contributed by atoms with van der Waals surface area (Å²) in [6.45, 7) is 8.32. The Balaban J connectivity index is 0.000000656. The lowest BCUT2D eigenvalue weighted by molar-refractivity contribution is -0.159. The fourth-order valence-electron chi connectivity index (χ4n) is 3.39. The molecule has 30 heavy (non-hydrogen) atoms. The van der Waals surface area contributed by atoms with Crippen molar-refractivity contribution in [3.8, 4) is 0 Å². The molecule has 0 atom stereocenters. The van der Waals surface area contributed by atoms with Crippen LogP contribution in [0.3, 0.4) is 0 Å². The van der Waals surface area contributed by atoms with Gasteiger partial charge in [0.25, 0.3) is 0 Å². The van der Waals surface area contributed by atoms with E-state index < -0.39 is 11.9 Å². The van der Waals surface area contributed by atoms with E-state index in [1.54, 1.807) is 0 Å². The molecule has 2 rings (SSSR count). The first kappa shape index (κ1) is 25.4. The summed E-state index contributed by atoms with van der Waals surface area (Å²) in [5, 5.41) is 14.8. The smallest absolute Gasteiger partial charge is 0.414 e. The Hall–Kier alpha value is -2.67. The summed E-state index contributed by atoms with van der Waals surface area (Å²) in [5.41, 5.74) is 2.64. The third-order valence-corrected chi connectivity index (χ3v) is 5.03. The van der Waals surface area contributed by atoms with Crippen LogP contribution >= 0.6 is 0 Å². The minimum Gasteiger partial charge on any atom is -0.473 e. The molecule has 0 unspecified atom stereocenters. The topological polar surface area (TPSA) is 98.2 Å². The van der Waals surface area contributed by atoms with Gasteiger partial charge in [-0.1, -0.05) is 55.3 Å². The molecule has 0 spiro atoms. The molecule has 1 saturated heterocycles. The number of carbonyl (C=O) groups excluding carboxylic acids is 1. The highest BCUT2D eigenvalue weighted by molar-refractivity contribution is 6.27. The molecular weight excluding hydrogens is 384 g/mol. The van der Waals surface area contributed by atoms with Crippen LogP contribution in [0, 0.1) is 5.92 Å². The maximum Gasteiger partial charge on any atom is 0.414 e. The average molecular weight is 419 g/mol. The van der Waals surface area contributed by atoms with Crippen molar-refractivity contribution in [3.05, 3.63) is 41.5 Å². The Morgan fingerprint density at radius 1 is 1.10 bits per heavy atom. The van der Waals surface area contributed by atoms with Crippen LogP contribution < -0.4 is 0 Å². The van der Waals surface area contributed by atoms with Gasteiger partial charge < -0.3 is 15.1 Å². The molecule has 1 aromatic rings. The first-order valence-electron chi connectivity index (χ1n) is 10.4. The molecule has 0 radical (unpaired) electrons. The molecule has 166 valence electrons. The van der Waals surface area contributed by atoms with Crippen LogP contribution in [0.15, 0.2) is 35.9 Å². The standard InChI is InChI=1S/C21H32N2O.C2H2O4/c1-4-5-13-22(3)21(24)20-11-14-23(15-12-20)17-18(2)16-19-9-7-6-8-10-19;3-1(4)2(5)6/h6-10,16,20H,4-5,11-15,17H2,1-3H3;(H,3,4)(H,5,6). The minimum absolute atomic E-state index is 0.224. The molecular formula is C23H34N2O5. The number of hydrogen-bond acceptors (Lipinski definition) is 4. The van der Waals surface area contributed by atoms with Gasteiger partial charge in [-0.15, -0.1) is 0 Å². The van der Waals surface area contributed by atoms with Gasteiger partial charge >= 0.3 is 11.9 Å². The lowest BCUT2D eigenvalue weighted by atomic mass is 9.95. The number of nitrogens with zero attached hydrogens (tertiary/aromatic N) is 2. The van der Waals surface area contributed by atoms with E-state index in [4.69, 9.17) is 19.8 Å². The summed E-state index contributed by atoms with van der Waals surface area (Å²) in [4.78, 5) is 35.1. The van der Waals surface area contributed by atoms with Gasteiger partial charge in [0, 0.05) is 26.1 Å². The first-order valence-corrected chi connectivity index (χ1v) is 10.4. The predicted octanol–water partition coefficient (Wildman–Crippen LogP) is 3.22. The lowest BCUT2D eigenvalue weighted by Crippen LogP contribution is -2.41. The second-order valence-corrected chi connectivity index (χ2v) is 7.68. The van der Waals surface area contributed by atoms with E-state index in [0.29, 0.717) is 5.91 Å². The molecule has 1 heterocycles. The van der Waals surface area contributed by atoms with E-state index in [1.165, 1.54) is 11.1 Å². The van der Waals surface area contributed by atoms with Gasteiger partial charge in [-0.3, -0.25) is 9.69 Å². The summed E-state index contributed by atoms with van der Waals surface area (Å²) in [7, 11) is 1.96. The van der Waals surface area contributed by atoms with E-state index in [9.17, 15) is 4.79 Å². The van der Waals surface area contributed by atoms with E-state index in [-0.39, 0.29) is 5.92 Å². The summed E-state index contributed by atoms with van der Waals surface area (Å²) in [6.07, 6.45) is 6.49. The quantitative estimate of drug-likeness (QED) is 0.660. The highest BCUT2D eigenvalue weighted by atomic mass is 16.4. The van der Waals surface area contributed by atoms with Gasteiger partial charge in [0.05, 0.1) is 0 Å². The number of amides is 1. The van der Waals surface area contributed by atoms with E-state index in [0.717, 1.165) is 51.9 Å². The summed E-state index contributed by atoms with van der Waals surface area (Å²) < 4.78 is 0. The zero-order valence-electron chi connectivity index (χ0n) is 18.2. The van der Waals surface area contributed by atoms with Gasteiger partial charge in [0.15, 0.2) is 0 Å². The van der Waals surface area contributed by atoms with E-state index >= 15 is 0 Å². The Morgan fingerprint density at radius 3 is 2.17 bits per heavy atom. The number of carboxylic acid groups (broad SMARTS) is 2. The number of carbonyl (C=O) groups is 3. The monoisotopic (exact) mass is 418 g/mol. The molecule has 0 bridgehead atoms. The van der Waals surface area contributed by atoms with Gasteiger partial charge in [-0.05, 0) is 44.8 Å². The molecule has 0 aromatic heterocycles. The Kier molecular flexibility index (Phi) is 11.4. The van der Waals surface area contributed by atoms with Crippen molar-refractivity contribution in [1.29, 1.82) is 0 Å². The van der Waals surface area contributed by atoms with Crippen LogP contribution in [0.25, 0.3) is 6.08 Å². The fraction of sp³-hybridized carbons (Fsp3) is 0.522. The van der Waals surface area contributed by atoms with Crippen molar-refractivity contribution in [3.63, 3.8) is 0 Å². The van der Waals surface area contributed by atoms with E-state index in [1.807, 2.05) is 18.0 Å².